The highest BCUT2D eigenvalue weighted by Crippen LogP contribution is 2.27. The zero-order valence-corrected chi connectivity index (χ0v) is 14.5. The van der Waals surface area contributed by atoms with Gasteiger partial charge in [-0.2, -0.15) is 0 Å². The van der Waals surface area contributed by atoms with Crippen LogP contribution in [-0.4, -0.2) is 36.2 Å². The number of fused-ring (bicyclic) bond motifs is 1. The van der Waals surface area contributed by atoms with E-state index in [1.54, 1.807) is 0 Å². The van der Waals surface area contributed by atoms with Crippen molar-refractivity contribution >= 4 is 40.5 Å². The van der Waals surface area contributed by atoms with E-state index in [2.05, 4.69) is 14.5 Å². The molecule has 0 saturated carbocycles. The summed E-state index contributed by atoms with van der Waals surface area (Å²) in [5.41, 5.74) is -2.73. The number of esters is 2. The van der Waals surface area contributed by atoms with Crippen molar-refractivity contribution in [3.8, 4) is 5.75 Å². The Labute approximate surface area is 151 Å². The molecule has 1 heterocycles. The van der Waals surface area contributed by atoms with Crippen molar-refractivity contribution in [3.05, 3.63) is 54.9 Å². The van der Waals surface area contributed by atoms with Crippen molar-refractivity contribution in [1.82, 2.24) is 4.98 Å². The second-order valence-corrected chi connectivity index (χ2v) is 5.59. The molecule has 26 heavy (non-hydrogen) atoms. The summed E-state index contributed by atoms with van der Waals surface area (Å²) in [6, 6.07) is 4.22. The fourth-order valence-corrected chi connectivity index (χ4v) is 2.40. The molecule has 0 aliphatic rings. The standard InChI is InChI=1S/C17H14ClNO7/c1-25-13(20)6-8(17(24)26-2)5-11-14(21)10-4-3-9(18)7-12(10)19-16(23)15(11)22/h3-5,7,21H,6H2,1-2H3,(H,19,22,23). The molecular formula is C17H14ClNO7. The van der Waals surface area contributed by atoms with Crippen LogP contribution in [0.2, 0.25) is 5.02 Å². The molecule has 0 aliphatic carbocycles. The minimum atomic E-state index is -1.10. The lowest BCUT2D eigenvalue weighted by atomic mass is 10.1. The highest BCUT2D eigenvalue weighted by molar-refractivity contribution is 6.31. The molecule has 0 unspecified atom stereocenters. The Kier molecular flexibility index (Phi) is 5.78. The summed E-state index contributed by atoms with van der Waals surface area (Å²) in [4.78, 5) is 50.1. The topological polar surface area (TPSA) is 123 Å². The maximum absolute atomic E-state index is 12.3. The number of halogens is 1. The van der Waals surface area contributed by atoms with Gasteiger partial charge in [0.2, 0.25) is 0 Å². The minimum Gasteiger partial charge on any atom is -0.506 e. The average molecular weight is 380 g/mol. The van der Waals surface area contributed by atoms with Crippen molar-refractivity contribution in [2.24, 2.45) is 0 Å². The summed E-state index contributed by atoms with van der Waals surface area (Å²) in [5.74, 6) is -2.23. The molecule has 0 fully saturated rings. The second-order valence-electron chi connectivity index (χ2n) is 5.15. The number of nitrogens with one attached hydrogen (secondary N) is 1. The van der Waals surface area contributed by atoms with Gasteiger partial charge in [-0.3, -0.25) is 14.4 Å². The van der Waals surface area contributed by atoms with Gasteiger partial charge in [0.15, 0.2) is 0 Å². The van der Waals surface area contributed by atoms with Crippen molar-refractivity contribution in [3.63, 3.8) is 0 Å². The smallest absolute Gasteiger partial charge is 0.334 e. The van der Waals surface area contributed by atoms with Crippen molar-refractivity contribution < 1.29 is 24.2 Å². The summed E-state index contributed by atoms with van der Waals surface area (Å²) in [7, 11) is 2.21. The second kappa shape index (κ2) is 7.83. The molecule has 9 heteroatoms. The van der Waals surface area contributed by atoms with E-state index < -0.39 is 40.7 Å². The summed E-state index contributed by atoms with van der Waals surface area (Å²) >= 11 is 5.86. The minimum absolute atomic E-state index is 0.127. The Balaban J connectivity index is 2.84. The molecule has 1 aromatic carbocycles. The van der Waals surface area contributed by atoms with E-state index in [-0.39, 0.29) is 21.5 Å². The highest BCUT2D eigenvalue weighted by Gasteiger charge is 2.18. The predicted molar refractivity (Wildman–Crippen MR) is 94.1 cm³/mol. The van der Waals surface area contributed by atoms with E-state index in [9.17, 15) is 24.3 Å². The van der Waals surface area contributed by atoms with Crippen LogP contribution in [0.1, 0.15) is 12.0 Å². The molecule has 0 spiro atoms. The van der Waals surface area contributed by atoms with Gasteiger partial charge in [0.1, 0.15) is 5.75 Å². The lowest BCUT2D eigenvalue weighted by Gasteiger charge is -2.05. The number of aromatic hydroxyl groups is 1. The average Bonchev–Trinajstić information content (AvgIpc) is 2.70. The van der Waals surface area contributed by atoms with Crippen LogP contribution in [-0.2, 0) is 19.1 Å². The van der Waals surface area contributed by atoms with Crippen LogP contribution < -0.4 is 11.0 Å². The molecule has 0 bridgehead atoms. The Morgan fingerprint density at radius 1 is 1.23 bits per heavy atom. The van der Waals surface area contributed by atoms with Crippen molar-refractivity contribution in [1.29, 1.82) is 0 Å². The number of benzene rings is 1. The van der Waals surface area contributed by atoms with Gasteiger partial charge < -0.3 is 19.6 Å². The maximum atomic E-state index is 12.3. The number of aromatic amines is 1. The fourth-order valence-electron chi connectivity index (χ4n) is 2.23. The first-order chi connectivity index (χ1) is 12.3. The SMILES string of the molecule is COC(=O)CC(=Cc1c(O)c2ccc(Cl)cc2[nH]c(=O)c1=O)C(=O)OC. The van der Waals surface area contributed by atoms with Gasteiger partial charge in [-0.05, 0) is 24.3 Å². The summed E-state index contributed by atoms with van der Waals surface area (Å²) in [6.07, 6.45) is 0.423. The molecule has 0 atom stereocenters. The molecule has 2 rings (SSSR count). The van der Waals surface area contributed by atoms with E-state index in [1.807, 2.05) is 0 Å². The molecule has 0 aliphatic heterocycles. The lowest BCUT2D eigenvalue weighted by molar-refractivity contribution is -0.143. The third kappa shape index (κ3) is 3.92. The number of rotatable bonds is 4. The van der Waals surface area contributed by atoms with Crippen LogP contribution in [0.25, 0.3) is 17.0 Å². The summed E-state index contributed by atoms with van der Waals surface area (Å²) in [5, 5.41) is 10.9. The van der Waals surface area contributed by atoms with Gasteiger partial charge in [0.05, 0.1) is 31.7 Å². The van der Waals surface area contributed by atoms with Crippen LogP contribution in [0, 0.1) is 0 Å². The number of ether oxygens (including phenoxy) is 2. The molecule has 1 aromatic heterocycles. The van der Waals surface area contributed by atoms with E-state index in [1.165, 1.54) is 18.2 Å². The zero-order chi connectivity index (χ0) is 19.4. The van der Waals surface area contributed by atoms with Crippen molar-refractivity contribution in [2.75, 3.05) is 14.2 Å². The van der Waals surface area contributed by atoms with Gasteiger partial charge >= 0.3 is 11.9 Å². The first-order valence-corrected chi connectivity index (χ1v) is 7.60. The van der Waals surface area contributed by atoms with Crippen LogP contribution >= 0.6 is 11.6 Å². The lowest BCUT2D eigenvalue weighted by Crippen LogP contribution is -2.25. The molecule has 0 saturated heterocycles. The Morgan fingerprint density at radius 2 is 1.92 bits per heavy atom. The number of hydrogen-bond acceptors (Lipinski definition) is 7. The fraction of sp³-hybridized carbons (Fsp3) is 0.176. The Morgan fingerprint density at radius 3 is 2.54 bits per heavy atom. The van der Waals surface area contributed by atoms with Crippen molar-refractivity contribution in [2.45, 2.75) is 6.42 Å². The Hall–Kier alpha value is -3.13. The number of aromatic nitrogens is 1. The quantitative estimate of drug-likeness (QED) is 0.467. The molecule has 0 radical (unpaired) electrons. The van der Waals surface area contributed by atoms with E-state index >= 15 is 0 Å². The summed E-state index contributed by atoms with van der Waals surface area (Å²) < 4.78 is 9.05. The van der Waals surface area contributed by atoms with Crippen LogP contribution in [0.3, 0.4) is 0 Å². The van der Waals surface area contributed by atoms with Gasteiger partial charge in [0, 0.05) is 16.0 Å². The zero-order valence-electron chi connectivity index (χ0n) is 13.8. The first-order valence-electron chi connectivity index (χ1n) is 7.23. The van der Waals surface area contributed by atoms with E-state index in [0.717, 1.165) is 20.3 Å². The van der Waals surface area contributed by atoms with Gasteiger partial charge in [-0.25, -0.2) is 4.79 Å². The van der Waals surface area contributed by atoms with Gasteiger partial charge in [-0.1, -0.05) is 11.6 Å². The first kappa shape index (κ1) is 19.2. The maximum Gasteiger partial charge on any atom is 0.334 e. The van der Waals surface area contributed by atoms with Gasteiger partial charge in [0.25, 0.3) is 11.0 Å². The molecule has 2 N–H and O–H groups in total. The van der Waals surface area contributed by atoms with Crippen LogP contribution in [0.4, 0.5) is 0 Å². The molecule has 0 amide bonds. The predicted octanol–water partition coefficient (Wildman–Crippen LogP) is 1.37. The third-order valence-corrected chi connectivity index (χ3v) is 3.75. The monoisotopic (exact) mass is 379 g/mol. The van der Waals surface area contributed by atoms with Gasteiger partial charge in [-0.15, -0.1) is 0 Å². The normalized spacial score (nSPS) is 11.3. The van der Waals surface area contributed by atoms with E-state index in [4.69, 9.17) is 11.6 Å². The number of hydrogen-bond donors (Lipinski definition) is 2. The number of methoxy groups -OCH3 is 2. The van der Waals surface area contributed by atoms with Crippen LogP contribution in [0.5, 0.6) is 5.75 Å². The van der Waals surface area contributed by atoms with E-state index in [0.29, 0.717) is 0 Å². The highest BCUT2D eigenvalue weighted by atomic mass is 35.5. The molecule has 136 valence electrons. The largest absolute Gasteiger partial charge is 0.506 e. The molecule has 8 nitrogen and oxygen atoms in total. The Bertz CT molecular complexity index is 1040. The molecular weight excluding hydrogens is 366 g/mol. The number of carbonyl (C=O) groups is 2. The number of carbonyl (C=O) groups excluding carboxylic acids is 2. The third-order valence-electron chi connectivity index (χ3n) is 3.52. The molecule has 2 aromatic rings. The van der Waals surface area contributed by atoms with Crippen LogP contribution in [0.15, 0.2) is 33.4 Å². The number of H-pyrrole nitrogens is 1. The summed E-state index contributed by atoms with van der Waals surface area (Å²) in [6.45, 7) is 0.